The Bertz CT molecular complexity index is 167. The molecule has 6 heteroatoms. The monoisotopic (exact) mass is 200 g/mol. The molecule has 0 bridgehead atoms. The summed E-state index contributed by atoms with van der Waals surface area (Å²) >= 11 is 5.32. The maximum absolute atomic E-state index is 10.9. The van der Waals surface area contributed by atoms with Gasteiger partial charge in [0.2, 0.25) is 10.0 Å². The Labute approximate surface area is 72.2 Å². The van der Waals surface area contributed by atoms with Gasteiger partial charge in [0.1, 0.15) is 0 Å². The summed E-state index contributed by atoms with van der Waals surface area (Å²) in [5.41, 5.74) is 5.11. The average molecular weight is 201 g/mol. The molecule has 11 heavy (non-hydrogen) atoms. The Kier molecular flexibility index (Phi) is 5.85. The van der Waals surface area contributed by atoms with Crippen LogP contribution in [0.3, 0.4) is 0 Å². The van der Waals surface area contributed by atoms with E-state index in [1.165, 1.54) is 0 Å². The second kappa shape index (κ2) is 5.77. The van der Waals surface area contributed by atoms with E-state index in [2.05, 4.69) is 4.72 Å². The zero-order valence-electron chi connectivity index (χ0n) is 6.22. The van der Waals surface area contributed by atoms with Gasteiger partial charge in [-0.25, -0.2) is 13.1 Å². The molecule has 3 N–H and O–H groups in total. The van der Waals surface area contributed by atoms with Crippen LogP contribution in [0, 0.1) is 0 Å². The van der Waals surface area contributed by atoms with Crippen LogP contribution in [-0.2, 0) is 10.0 Å². The van der Waals surface area contributed by atoms with E-state index in [-0.39, 0.29) is 5.75 Å². The highest BCUT2D eigenvalue weighted by molar-refractivity contribution is 7.89. The molecule has 0 rings (SSSR count). The molecule has 0 saturated carbocycles. The van der Waals surface area contributed by atoms with Crippen molar-refractivity contribution in [1.82, 2.24) is 4.72 Å². The number of nitrogens with two attached hydrogens (primary N) is 1. The highest BCUT2D eigenvalue weighted by Crippen LogP contribution is 1.90. The summed E-state index contributed by atoms with van der Waals surface area (Å²) in [7, 11) is -3.12. The van der Waals surface area contributed by atoms with Gasteiger partial charge >= 0.3 is 0 Å². The zero-order chi connectivity index (χ0) is 8.74. The van der Waals surface area contributed by atoms with Crippen molar-refractivity contribution in [2.24, 2.45) is 5.73 Å². The van der Waals surface area contributed by atoms with Crippen LogP contribution in [0.2, 0.25) is 0 Å². The van der Waals surface area contributed by atoms with Gasteiger partial charge in [-0.1, -0.05) is 0 Å². The van der Waals surface area contributed by atoms with Crippen molar-refractivity contribution in [1.29, 1.82) is 0 Å². The van der Waals surface area contributed by atoms with Crippen molar-refractivity contribution >= 4 is 21.6 Å². The van der Waals surface area contributed by atoms with Gasteiger partial charge in [0.25, 0.3) is 0 Å². The van der Waals surface area contributed by atoms with Crippen LogP contribution in [0.25, 0.3) is 0 Å². The SMILES string of the molecule is NCCNS(=O)(=O)CCCCl. The first kappa shape index (κ1) is 11.2. The van der Waals surface area contributed by atoms with Gasteiger partial charge in [-0.2, -0.15) is 0 Å². The summed E-state index contributed by atoms with van der Waals surface area (Å²) in [4.78, 5) is 0. The minimum atomic E-state index is -3.12. The second-order valence-corrected chi connectivity index (χ2v) is 4.35. The third kappa shape index (κ3) is 6.55. The number of hydrogen-bond acceptors (Lipinski definition) is 3. The smallest absolute Gasteiger partial charge is 0.211 e. The van der Waals surface area contributed by atoms with Gasteiger partial charge in [0, 0.05) is 19.0 Å². The molecule has 0 radical (unpaired) electrons. The normalized spacial score (nSPS) is 11.8. The largest absolute Gasteiger partial charge is 0.329 e. The molecular weight excluding hydrogens is 188 g/mol. The van der Waals surface area contributed by atoms with Gasteiger partial charge in [-0.15, -0.1) is 11.6 Å². The van der Waals surface area contributed by atoms with E-state index in [9.17, 15) is 8.42 Å². The molecule has 68 valence electrons. The Morgan fingerprint density at radius 3 is 2.55 bits per heavy atom. The third-order valence-electron chi connectivity index (χ3n) is 1.01. The van der Waals surface area contributed by atoms with Gasteiger partial charge in [-0.05, 0) is 6.42 Å². The standard InChI is InChI=1S/C5H13ClN2O2S/c6-2-1-5-11(9,10)8-4-3-7/h8H,1-5,7H2. The highest BCUT2D eigenvalue weighted by atomic mass is 35.5. The molecule has 0 aliphatic carbocycles. The van der Waals surface area contributed by atoms with E-state index in [1.54, 1.807) is 0 Å². The molecule has 0 heterocycles. The lowest BCUT2D eigenvalue weighted by molar-refractivity contribution is 0.581. The predicted molar refractivity (Wildman–Crippen MR) is 46.2 cm³/mol. The molecule has 0 spiro atoms. The van der Waals surface area contributed by atoms with Gasteiger partial charge in [0.15, 0.2) is 0 Å². The number of hydrogen-bond donors (Lipinski definition) is 2. The fraction of sp³-hybridized carbons (Fsp3) is 1.00. The quantitative estimate of drug-likeness (QED) is 0.568. The van der Waals surface area contributed by atoms with Crippen LogP contribution in [-0.4, -0.2) is 33.1 Å². The van der Waals surface area contributed by atoms with E-state index in [1.807, 2.05) is 0 Å². The van der Waals surface area contributed by atoms with Gasteiger partial charge in [0.05, 0.1) is 5.75 Å². The first-order valence-corrected chi connectivity index (χ1v) is 5.54. The molecule has 0 fully saturated rings. The highest BCUT2D eigenvalue weighted by Gasteiger charge is 2.06. The number of alkyl halides is 1. The first-order valence-electron chi connectivity index (χ1n) is 3.36. The molecule has 0 aromatic carbocycles. The number of nitrogens with one attached hydrogen (secondary N) is 1. The Balaban J connectivity index is 3.63. The maximum atomic E-state index is 10.9. The van der Waals surface area contributed by atoms with E-state index in [0.29, 0.717) is 25.4 Å². The number of halogens is 1. The summed E-state index contributed by atoms with van der Waals surface area (Å²) in [5.74, 6) is 0.444. The van der Waals surface area contributed by atoms with Crippen molar-refractivity contribution in [2.75, 3.05) is 24.7 Å². The molecule has 0 aliphatic rings. The van der Waals surface area contributed by atoms with Crippen LogP contribution in [0.1, 0.15) is 6.42 Å². The maximum Gasteiger partial charge on any atom is 0.211 e. The van der Waals surface area contributed by atoms with Crippen molar-refractivity contribution in [2.45, 2.75) is 6.42 Å². The fourth-order valence-electron chi connectivity index (χ4n) is 0.531. The lowest BCUT2D eigenvalue weighted by atomic mass is 10.6. The van der Waals surface area contributed by atoms with Crippen LogP contribution >= 0.6 is 11.6 Å². The topological polar surface area (TPSA) is 72.2 Å². The molecule has 0 amide bonds. The van der Waals surface area contributed by atoms with Crippen LogP contribution in [0.15, 0.2) is 0 Å². The van der Waals surface area contributed by atoms with Crippen LogP contribution < -0.4 is 10.5 Å². The minimum Gasteiger partial charge on any atom is -0.329 e. The lowest BCUT2D eigenvalue weighted by Crippen LogP contribution is -2.31. The average Bonchev–Trinajstić information content (AvgIpc) is 1.97. The molecule has 0 aromatic rings. The summed E-state index contributed by atoms with van der Waals surface area (Å²) in [6.45, 7) is 0.616. The van der Waals surface area contributed by atoms with E-state index in [0.717, 1.165) is 0 Å². The Hall–Kier alpha value is 0.160. The molecule has 0 unspecified atom stereocenters. The lowest BCUT2D eigenvalue weighted by Gasteiger charge is -2.02. The molecule has 0 aromatic heterocycles. The molecular formula is C5H13ClN2O2S. The van der Waals surface area contributed by atoms with Crippen molar-refractivity contribution in [3.8, 4) is 0 Å². The Morgan fingerprint density at radius 2 is 2.09 bits per heavy atom. The molecule has 4 nitrogen and oxygen atoms in total. The van der Waals surface area contributed by atoms with E-state index in [4.69, 9.17) is 17.3 Å². The zero-order valence-corrected chi connectivity index (χ0v) is 7.79. The second-order valence-electron chi connectivity index (χ2n) is 2.04. The van der Waals surface area contributed by atoms with Crippen molar-refractivity contribution in [3.63, 3.8) is 0 Å². The fourth-order valence-corrected chi connectivity index (χ4v) is 1.92. The van der Waals surface area contributed by atoms with Crippen molar-refractivity contribution in [3.05, 3.63) is 0 Å². The first-order chi connectivity index (χ1) is 5.12. The number of sulfonamides is 1. The summed E-state index contributed by atoms with van der Waals surface area (Å²) in [5, 5.41) is 0. The van der Waals surface area contributed by atoms with Gasteiger partial charge in [-0.3, -0.25) is 0 Å². The molecule has 0 atom stereocenters. The predicted octanol–water partition coefficient (Wildman–Crippen LogP) is -0.507. The minimum absolute atomic E-state index is 0.0799. The van der Waals surface area contributed by atoms with Crippen molar-refractivity contribution < 1.29 is 8.42 Å². The molecule has 0 saturated heterocycles. The Morgan fingerprint density at radius 1 is 1.45 bits per heavy atom. The van der Waals surface area contributed by atoms with E-state index < -0.39 is 10.0 Å². The van der Waals surface area contributed by atoms with Gasteiger partial charge < -0.3 is 5.73 Å². The summed E-state index contributed by atoms with van der Waals surface area (Å²) in [6.07, 6.45) is 0.474. The molecule has 0 aliphatic heterocycles. The van der Waals surface area contributed by atoms with Crippen LogP contribution in [0.4, 0.5) is 0 Å². The number of rotatable bonds is 6. The van der Waals surface area contributed by atoms with Crippen LogP contribution in [0.5, 0.6) is 0 Å². The summed E-state index contributed by atoms with van der Waals surface area (Å²) < 4.78 is 24.2. The summed E-state index contributed by atoms with van der Waals surface area (Å²) in [6, 6.07) is 0. The van der Waals surface area contributed by atoms with E-state index >= 15 is 0 Å². The third-order valence-corrected chi connectivity index (χ3v) is 2.75.